The Morgan fingerprint density at radius 3 is 1.11 bits per heavy atom. The maximum Gasteiger partial charge on any atom is 0.326 e. The summed E-state index contributed by atoms with van der Waals surface area (Å²) in [6, 6.07) is 14.4. The minimum absolute atomic E-state index is 0.0320. The number of nitrogens with two attached hydrogens (primary N) is 7. The number of benzene rings is 3. The molecule has 0 bridgehead atoms. The van der Waals surface area contributed by atoms with Crippen LogP contribution in [0, 0.1) is 0 Å². The highest BCUT2D eigenvalue weighted by atomic mass is 16.4. The number of fused-ring (bicyclic) bond motifs is 3. The first kappa shape index (κ1) is 56.2. The van der Waals surface area contributed by atoms with Gasteiger partial charge in [0, 0.05) is 83.8 Å². The molecule has 3 heterocycles. The number of aromatic amines is 3. The number of rotatable bonds is 29. The first-order valence-electron chi connectivity index (χ1n) is 24.8. The SMILES string of the molecule is NC(N)=NCCC[C@H](NC(=O)[C@H](Cc1c[nH]c2ccccc12)NC(=O)[C@H](CCCN=C(N)N)NC(=O)[C@H](Cc1c[nH]c2ccccc12)NC(=O)[C@H](CCCN=C(N)N)NC(=O)[C@@H](N)Cc1c[nH]c2ccccc12)C(=O)O. The topological polar surface area (TPSA) is 449 Å². The van der Waals surface area contributed by atoms with Gasteiger partial charge in [-0.2, -0.15) is 0 Å². The van der Waals surface area contributed by atoms with Gasteiger partial charge in [0.1, 0.15) is 30.2 Å². The molecule has 404 valence electrons. The van der Waals surface area contributed by atoms with Gasteiger partial charge in [-0.15, -0.1) is 0 Å². The van der Waals surface area contributed by atoms with Gasteiger partial charge in [0.2, 0.25) is 29.5 Å². The summed E-state index contributed by atoms with van der Waals surface area (Å²) >= 11 is 0. The average Bonchev–Trinajstić information content (AvgIpc) is 4.13. The lowest BCUT2D eigenvalue weighted by molar-refractivity contribution is -0.142. The van der Waals surface area contributed by atoms with Crippen molar-refractivity contribution in [3.63, 3.8) is 0 Å². The molecule has 5 amide bonds. The normalized spacial score (nSPS) is 13.5. The van der Waals surface area contributed by atoms with Crippen LogP contribution in [0.3, 0.4) is 0 Å². The fourth-order valence-electron chi connectivity index (χ4n) is 8.76. The van der Waals surface area contributed by atoms with Gasteiger partial charge in [-0.25, -0.2) is 4.79 Å². The molecule has 6 aromatic rings. The van der Waals surface area contributed by atoms with Crippen LogP contribution < -0.4 is 66.7 Å². The monoisotopic (exact) mass is 1040 g/mol. The van der Waals surface area contributed by atoms with E-state index in [0.717, 1.165) is 38.3 Å². The van der Waals surface area contributed by atoms with Crippen molar-refractivity contribution in [1.29, 1.82) is 0 Å². The quantitative estimate of drug-likeness (QED) is 0.0155. The van der Waals surface area contributed by atoms with Gasteiger partial charge in [-0.3, -0.25) is 38.9 Å². The third-order valence-corrected chi connectivity index (χ3v) is 12.6. The maximum absolute atomic E-state index is 14.9. The molecule has 6 rings (SSSR count). The van der Waals surface area contributed by atoms with Crippen molar-refractivity contribution in [3.8, 4) is 0 Å². The van der Waals surface area contributed by atoms with Gasteiger partial charge >= 0.3 is 5.97 Å². The van der Waals surface area contributed by atoms with Crippen molar-refractivity contribution in [3.05, 3.63) is 108 Å². The van der Waals surface area contributed by atoms with E-state index in [1.165, 1.54) is 0 Å². The zero-order valence-corrected chi connectivity index (χ0v) is 41.9. The van der Waals surface area contributed by atoms with Gasteiger partial charge in [0.15, 0.2) is 17.9 Å². The van der Waals surface area contributed by atoms with Crippen molar-refractivity contribution in [2.45, 2.75) is 94.0 Å². The molecular weight excluding hydrogens is 977 g/mol. The van der Waals surface area contributed by atoms with E-state index in [1.54, 1.807) is 18.6 Å². The molecule has 23 N–H and O–H groups in total. The van der Waals surface area contributed by atoms with E-state index in [0.29, 0.717) is 11.1 Å². The van der Waals surface area contributed by atoms with Gasteiger partial charge in [0.05, 0.1) is 6.04 Å². The first-order chi connectivity index (χ1) is 36.5. The molecule has 0 aliphatic heterocycles. The number of carboxylic acid groups (broad SMARTS) is 1. The van der Waals surface area contributed by atoms with Crippen LogP contribution in [0.15, 0.2) is 106 Å². The predicted octanol–water partition coefficient (Wildman–Crippen LogP) is -0.845. The third-order valence-electron chi connectivity index (χ3n) is 12.6. The Labute approximate surface area is 437 Å². The van der Waals surface area contributed by atoms with E-state index in [-0.39, 0.29) is 95.3 Å². The number of nitrogens with one attached hydrogen (secondary N) is 8. The molecule has 76 heavy (non-hydrogen) atoms. The van der Waals surface area contributed by atoms with E-state index in [1.807, 2.05) is 72.8 Å². The number of aliphatic carboxylic acids is 1. The fourth-order valence-corrected chi connectivity index (χ4v) is 8.76. The largest absolute Gasteiger partial charge is 0.480 e. The highest BCUT2D eigenvalue weighted by molar-refractivity contribution is 5.98. The van der Waals surface area contributed by atoms with Crippen molar-refractivity contribution < 1.29 is 33.9 Å². The summed E-state index contributed by atoms with van der Waals surface area (Å²) in [6.45, 7) is 0.283. The molecule has 0 spiro atoms. The Morgan fingerprint density at radius 2 is 0.737 bits per heavy atom. The Hall–Kier alpha value is -9.13. The number of hydrogen-bond donors (Lipinski definition) is 16. The van der Waals surface area contributed by atoms with Crippen molar-refractivity contribution in [1.82, 2.24) is 41.5 Å². The summed E-state index contributed by atoms with van der Waals surface area (Å²) in [5, 5.41) is 26.2. The number of carboxylic acids is 1. The predicted molar refractivity (Wildman–Crippen MR) is 291 cm³/mol. The number of carbonyl (C=O) groups is 6. The zero-order chi connectivity index (χ0) is 54.7. The van der Waals surface area contributed by atoms with E-state index in [2.05, 4.69) is 56.5 Å². The van der Waals surface area contributed by atoms with Crippen LogP contribution in [0.1, 0.15) is 55.2 Å². The number of nitrogens with zero attached hydrogens (tertiary/aromatic N) is 3. The molecule has 0 saturated carbocycles. The summed E-state index contributed by atoms with van der Waals surface area (Å²) in [7, 11) is 0. The minimum atomic E-state index is -1.39. The fraction of sp³-hybridized carbons (Fsp3) is 0.353. The second-order valence-corrected chi connectivity index (χ2v) is 18.3. The smallest absolute Gasteiger partial charge is 0.326 e. The summed E-state index contributed by atoms with van der Waals surface area (Å²) in [6.07, 6.45) is 5.63. The van der Waals surface area contributed by atoms with Crippen molar-refractivity contribution >= 4 is 86.1 Å². The van der Waals surface area contributed by atoms with E-state index in [4.69, 9.17) is 40.1 Å². The number of aromatic nitrogens is 3. The number of hydrogen-bond acceptors (Lipinski definition) is 10. The Morgan fingerprint density at radius 1 is 0.434 bits per heavy atom. The van der Waals surface area contributed by atoms with Crippen molar-refractivity contribution in [2.75, 3.05) is 19.6 Å². The number of carbonyl (C=O) groups excluding carboxylic acids is 5. The molecule has 0 radical (unpaired) electrons. The summed E-state index contributed by atoms with van der Waals surface area (Å²) in [5.41, 5.74) is 44.1. The lowest BCUT2D eigenvalue weighted by atomic mass is 10.0. The van der Waals surface area contributed by atoms with Gasteiger partial charge < -0.3 is 86.8 Å². The standard InChI is InChI=1S/C51H68N18O7/c52-34(22-28-25-62-35-13-4-1-10-31(28)35)43(70)65-38(16-7-19-59-49(53)54)44(71)68-41(23-29-26-63-36-14-5-2-11-32(29)36)46(73)66-39(17-8-20-60-50(55)56)45(72)69-42(24-30-27-64-37-15-6-3-12-33(30)37)47(74)67-40(48(75)76)18-9-21-61-51(57)58/h1-6,10-15,25-27,34,38-42,62-64H,7-9,16-24,52H2,(H,65,70)(H,66,73)(H,67,74)(H,68,71)(H,69,72)(H,75,76)(H4,53,54,59)(H4,55,56,60)(H4,57,58,61)/t34-,38-,39-,40-,41-,42-/m0/s1. The molecule has 25 heteroatoms. The Bertz CT molecular complexity index is 3060. The molecular formula is C51H68N18O7. The number of amides is 5. The molecule has 3 aromatic heterocycles. The van der Waals surface area contributed by atoms with E-state index < -0.39 is 71.8 Å². The zero-order valence-electron chi connectivity index (χ0n) is 41.9. The molecule has 6 atom stereocenters. The van der Waals surface area contributed by atoms with Crippen molar-refractivity contribution in [2.24, 2.45) is 55.1 Å². The summed E-state index contributed by atoms with van der Waals surface area (Å²) in [5.74, 6) is -5.68. The van der Waals surface area contributed by atoms with Gasteiger partial charge in [-0.1, -0.05) is 54.6 Å². The van der Waals surface area contributed by atoms with Crippen LogP contribution in [0.2, 0.25) is 0 Å². The molecule has 0 aliphatic rings. The molecule has 25 nitrogen and oxygen atoms in total. The number of para-hydroxylation sites is 3. The Kier molecular flexibility index (Phi) is 20.1. The first-order valence-corrected chi connectivity index (χ1v) is 24.8. The lowest BCUT2D eigenvalue weighted by Crippen LogP contribution is -2.60. The number of aliphatic imine (C=N–C) groups is 3. The molecule has 0 fully saturated rings. The van der Waals surface area contributed by atoms with Crippen LogP contribution in [0.5, 0.6) is 0 Å². The molecule has 0 aliphatic carbocycles. The average molecular weight is 1050 g/mol. The van der Waals surface area contributed by atoms with E-state index in [9.17, 15) is 33.9 Å². The van der Waals surface area contributed by atoms with E-state index >= 15 is 0 Å². The number of H-pyrrole nitrogens is 3. The maximum atomic E-state index is 14.9. The van der Waals surface area contributed by atoms with Crippen LogP contribution in [0.4, 0.5) is 0 Å². The molecule has 0 saturated heterocycles. The van der Waals surface area contributed by atoms with Crippen LogP contribution in [-0.4, -0.2) is 129 Å². The second-order valence-electron chi connectivity index (χ2n) is 18.3. The molecule has 0 unspecified atom stereocenters. The van der Waals surface area contributed by atoms with Gasteiger partial charge in [0.25, 0.3) is 0 Å². The highest BCUT2D eigenvalue weighted by Crippen LogP contribution is 2.22. The number of guanidine groups is 3. The third kappa shape index (κ3) is 16.2. The summed E-state index contributed by atoms with van der Waals surface area (Å²) < 4.78 is 0. The van der Waals surface area contributed by atoms with Crippen LogP contribution in [0.25, 0.3) is 32.7 Å². The Balaban J connectivity index is 1.28. The van der Waals surface area contributed by atoms with Gasteiger partial charge in [-0.05, 0) is 79.8 Å². The molecule has 3 aromatic carbocycles. The summed E-state index contributed by atoms with van der Waals surface area (Å²) in [4.78, 5) is 106. The minimum Gasteiger partial charge on any atom is -0.480 e. The lowest BCUT2D eigenvalue weighted by Gasteiger charge is -2.27. The van der Waals surface area contributed by atoms with Crippen LogP contribution >= 0.6 is 0 Å². The van der Waals surface area contributed by atoms with Crippen LogP contribution in [-0.2, 0) is 48.0 Å². The highest BCUT2D eigenvalue weighted by Gasteiger charge is 2.34. The second kappa shape index (κ2) is 27.2.